The minimum Gasteiger partial charge on any atom is -0.457 e. The molecule has 2 fully saturated rings. The summed E-state index contributed by atoms with van der Waals surface area (Å²) in [6.45, 7) is 0.381. The van der Waals surface area contributed by atoms with Crippen LogP contribution in [0, 0.1) is 10.1 Å². The summed E-state index contributed by atoms with van der Waals surface area (Å²) in [7, 11) is 0. The van der Waals surface area contributed by atoms with Crippen molar-refractivity contribution >= 4 is 0 Å². The third-order valence-corrected chi connectivity index (χ3v) is 5.90. The lowest BCUT2D eigenvalue weighted by molar-refractivity contribution is -0.576. The largest absolute Gasteiger partial charge is 0.457 e. The molecule has 0 amide bonds. The molecule has 3 aromatic carbocycles. The summed E-state index contributed by atoms with van der Waals surface area (Å²) >= 11 is 0. The second-order valence-corrected chi connectivity index (χ2v) is 8.19. The Morgan fingerprint density at radius 1 is 0.882 bits per heavy atom. The van der Waals surface area contributed by atoms with Crippen LogP contribution in [0.1, 0.15) is 17.4 Å². The van der Waals surface area contributed by atoms with Gasteiger partial charge in [0.15, 0.2) is 12.4 Å². The van der Waals surface area contributed by atoms with Gasteiger partial charge in [-0.25, -0.2) is 0 Å². The van der Waals surface area contributed by atoms with E-state index < -0.39 is 41.9 Å². The number of nitro groups is 1. The smallest absolute Gasteiger partial charge is 0.302 e. The van der Waals surface area contributed by atoms with E-state index in [9.17, 15) is 10.1 Å². The first-order chi connectivity index (χ1) is 16.7. The predicted octanol–water partition coefficient (Wildman–Crippen LogP) is 4.14. The Bertz CT molecular complexity index is 1070. The monoisotopic (exact) mass is 463 g/mol. The number of hydrogen-bond acceptors (Lipinski definition) is 7. The fourth-order valence-corrected chi connectivity index (χ4v) is 4.25. The molecule has 0 radical (unpaired) electrons. The van der Waals surface area contributed by atoms with Crippen molar-refractivity contribution in [2.24, 2.45) is 0 Å². The van der Waals surface area contributed by atoms with Crippen molar-refractivity contribution in [1.82, 2.24) is 0 Å². The van der Waals surface area contributed by atoms with Gasteiger partial charge in [-0.2, -0.15) is 0 Å². The van der Waals surface area contributed by atoms with Crippen LogP contribution >= 0.6 is 0 Å². The van der Waals surface area contributed by atoms with Gasteiger partial charge in [0.05, 0.1) is 13.2 Å². The molecule has 3 aromatic rings. The van der Waals surface area contributed by atoms with Gasteiger partial charge in [-0.15, -0.1) is 0 Å². The quantitative estimate of drug-likeness (QED) is 0.384. The van der Waals surface area contributed by atoms with Crippen LogP contribution < -0.4 is 4.74 Å². The predicted molar refractivity (Wildman–Crippen MR) is 122 cm³/mol. The lowest BCUT2D eigenvalue weighted by Crippen LogP contribution is -2.65. The topological polar surface area (TPSA) is 89.3 Å². The highest BCUT2D eigenvalue weighted by Gasteiger charge is 2.57. The third kappa shape index (κ3) is 4.95. The van der Waals surface area contributed by atoms with Crippen LogP contribution in [-0.2, 0) is 25.6 Å². The lowest BCUT2D eigenvalue weighted by atomic mass is 9.95. The Hall–Kier alpha value is -3.30. The number of ether oxygens (including phenoxy) is 5. The molecule has 0 bridgehead atoms. The fourth-order valence-electron chi connectivity index (χ4n) is 4.25. The highest BCUT2D eigenvalue weighted by atomic mass is 16.8. The summed E-state index contributed by atoms with van der Waals surface area (Å²) < 4.78 is 30.3. The average Bonchev–Trinajstić information content (AvgIpc) is 2.88. The summed E-state index contributed by atoms with van der Waals surface area (Å²) in [5.41, 5.74) is 1.72. The zero-order valence-electron chi connectivity index (χ0n) is 18.3. The average molecular weight is 463 g/mol. The van der Waals surface area contributed by atoms with Crippen LogP contribution in [0.25, 0.3) is 0 Å². The van der Waals surface area contributed by atoms with Gasteiger partial charge in [-0.1, -0.05) is 78.9 Å². The molecule has 2 saturated heterocycles. The van der Waals surface area contributed by atoms with E-state index in [1.165, 1.54) is 0 Å². The van der Waals surface area contributed by atoms with E-state index in [0.717, 1.165) is 11.1 Å². The van der Waals surface area contributed by atoms with Crippen molar-refractivity contribution in [3.05, 3.63) is 112 Å². The van der Waals surface area contributed by atoms with Crippen molar-refractivity contribution in [1.29, 1.82) is 0 Å². The van der Waals surface area contributed by atoms with Crippen LogP contribution in [-0.4, -0.2) is 42.2 Å². The second kappa shape index (κ2) is 10.3. The summed E-state index contributed by atoms with van der Waals surface area (Å²) in [4.78, 5) is 11.9. The van der Waals surface area contributed by atoms with E-state index in [1.807, 2.05) is 66.7 Å². The maximum atomic E-state index is 12.3. The Morgan fingerprint density at radius 2 is 1.53 bits per heavy atom. The molecule has 0 spiro atoms. The number of hydrogen-bond donors (Lipinski definition) is 0. The van der Waals surface area contributed by atoms with Gasteiger partial charge in [-0.05, 0) is 17.7 Å². The zero-order valence-corrected chi connectivity index (χ0v) is 18.3. The highest BCUT2D eigenvalue weighted by Crippen LogP contribution is 2.37. The lowest BCUT2D eigenvalue weighted by Gasteiger charge is -2.46. The molecule has 176 valence electrons. The molecule has 0 unspecified atom stereocenters. The Kier molecular flexibility index (Phi) is 6.82. The zero-order chi connectivity index (χ0) is 23.3. The molecule has 0 saturated carbocycles. The normalized spacial score (nSPS) is 28.6. The van der Waals surface area contributed by atoms with E-state index in [1.54, 1.807) is 24.3 Å². The molecule has 6 atom stereocenters. The molecular weight excluding hydrogens is 438 g/mol. The third-order valence-electron chi connectivity index (χ3n) is 5.90. The van der Waals surface area contributed by atoms with E-state index in [4.69, 9.17) is 23.7 Å². The van der Waals surface area contributed by atoms with E-state index in [2.05, 4.69) is 0 Å². The van der Waals surface area contributed by atoms with Crippen molar-refractivity contribution in [2.75, 3.05) is 6.61 Å². The van der Waals surface area contributed by atoms with Crippen molar-refractivity contribution in [3.8, 4) is 5.75 Å². The van der Waals surface area contributed by atoms with E-state index >= 15 is 0 Å². The molecule has 2 aliphatic rings. The van der Waals surface area contributed by atoms with Crippen LogP contribution in [0.15, 0.2) is 91.0 Å². The van der Waals surface area contributed by atoms with Gasteiger partial charge in [0.25, 0.3) is 6.29 Å². The molecule has 5 rings (SSSR count). The number of para-hydroxylation sites is 1. The molecule has 34 heavy (non-hydrogen) atoms. The molecule has 8 heteroatoms. The highest BCUT2D eigenvalue weighted by molar-refractivity contribution is 5.22. The van der Waals surface area contributed by atoms with Crippen LogP contribution in [0.4, 0.5) is 0 Å². The first-order valence-electron chi connectivity index (χ1n) is 11.2. The van der Waals surface area contributed by atoms with Crippen molar-refractivity contribution in [2.45, 2.75) is 43.5 Å². The minimum absolute atomic E-state index is 0.189. The maximum Gasteiger partial charge on any atom is 0.302 e. The number of nitrogens with zero attached hydrogens (tertiary/aromatic N) is 1. The van der Waals surface area contributed by atoms with E-state index in [-0.39, 0.29) is 13.2 Å². The van der Waals surface area contributed by atoms with Gasteiger partial charge in [-0.3, -0.25) is 10.1 Å². The first-order valence-corrected chi connectivity index (χ1v) is 11.2. The maximum absolute atomic E-state index is 12.3. The number of benzene rings is 3. The number of fused-ring (bicyclic) bond motifs is 1. The Labute approximate surface area is 197 Å². The van der Waals surface area contributed by atoms with Crippen LogP contribution in [0.3, 0.4) is 0 Å². The van der Waals surface area contributed by atoms with Gasteiger partial charge in [0, 0.05) is 10.5 Å². The molecular formula is C26H25NO7. The summed E-state index contributed by atoms with van der Waals surface area (Å²) in [5, 5.41) is 12.3. The fraction of sp³-hybridized carbons (Fsp3) is 0.308. The molecule has 0 N–H and O–H groups in total. The van der Waals surface area contributed by atoms with E-state index in [0.29, 0.717) is 5.75 Å². The van der Waals surface area contributed by atoms with Crippen molar-refractivity contribution < 1.29 is 28.6 Å². The molecule has 0 aromatic heterocycles. The van der Waals surface area contributed by atoms with Gasteiger partial charge >= 0.3 is 6.04 Å². The summed E-state index contributed by atoms with van der Waals surface area (Å²) in [6.07, 6.45) is -4.06. The number of rotatable bonds is 7. The summed E-state index contributed by atoms with van der Waals surface area (Å²) in [5.74, 6) is 0.472. The standard InChI is InChI=1S/C26H25NO7/c28-27(29)22-24(30-16-18-10-4-1-5-11-18)23-21(33-26(22)32-20-14-8-3-9-15-20)17-31-25(34-23)19-12-6-2-7-13-19/h1-15,21-26H,16-17H2/t21-,22-,23-,24-,25-,26-/m1/s1. The van der Waals surface area contributed by atoms with Crippen molar-refractivity contribution in [3.63, 3.8) is 0 Å². The van der Waals surface area contributed by atoms with Gasteiger partial charge in [0.2, 0.25) is 0 Å². The second-order valence-electron chi connectivity index (χ2n) is 8.19. The van der Waals surface area contributed by atoms with Crippen LogP contribution in [0.2, 0.25) is 0 Å². The molecule has 2 heterocycles. The van der Waals surface area contributed by atoms with Crippen LogP contribution in [0.5, 0.6) is 5.75 Å². The molecule has 2 aliphatic heterocycles. The Morgan fingerprint density at radius 3 is 2.21 bits per heavy atom. The summed E-state index contributed by atoms with van der Waals surface area (Å²) in [6, 6.07) is 26.6. The molecule has 8 nitrogen and oxygen atoms in total. The SMILES string of the molecule is O=[N+]([O-])[C@H]1[C@H](Oc2ccccc2)O[C@@H]2CO[C@@H](c3ccccc3)O[C@H]2[C@@H]1OCc1ccccc1. The first kappa shape index (κ1) is 22.5. The minimum atomic E-state index is -1.31. The Balaban J connectivity index is 1.43. The molecule has 0 aliphatic carbocycles. The van der Waals surface area contributed by atoms with Gasteiger partial charge < -0.3 is 23.7 Å². The van der Waals surface area contributed by atoms with Gasteiger partial charge in [0.1, 0.15) is 18.0 Å².